The van der Waals surface area contributed by atoms with Crippen LogP contribution in [0.25, 0.3) is 0 Å². The molecule has 1 amide bonds. The molecule has 0 spiro atoms. The Morgan fingerprint density at radius 2 is 1.86 bits per heavy atom. The summed E-state index contributed by atoms with van der Waals surface area (Å²) >= 11 is 0. The van der Waals surface area contributed by atoms with E-state index in [0.717, 1.165) is 24.9 Å². The van der Waals surface area contributed by atoms with Crippen molar-refractivity contribution in [2.75, 3.05) is 18.5 Å². The molecule has 1 unspecified atom stereocenters. The molecule has 2 aliphatic rings. The van der Waals surface area contributed by atoms with Gasteiger partial charge >= 0.3 is 0 Å². The SMILES string of the molecule is CC(C1CC1)N(C)S(=O)(=O)c1ccc(N2CCCC2=O)cc1. The van der Waals surface area contributed by atoms with Crippen molar-refractivity contribution < 1.29 is 13.2 Å². The molecule has 1 saturated heterocycles. The van der Waals surface area contributed by atoms with Gasteiger partial charge in [0, 0.05) is 31.7 Å². The first kappa shape index (κ1) is 15.5. The van der Waals surface area contributed by atoms with E-state index < -0.39 is 10.0 Å². The fourth-order valence-corrected chi connectivity index (χ4v) is 4.40. The number of sulfonamides is 1. The van der Waals surface area contributed by atoms with Gasteiger partial charge in [0.1, 0.15) is 0 Å². The Morgan fingerprint density at radius 3 is 2.36 bits per heavy atom. The average Bonchev–Trinajstić information content (AvgIpc) is 3.27. The van der Waals surface area contributed by atoms with Crippen LogP contribution in [-0.2, 0) is 14.8 Å². The quantitative estimate of drug-likeness (QED) is 0.835. The Bertz CT molecular complexity index is 665. The first-order valence-electron chi connectivity index (χ1n) is 7.80. The molecule has 0 N–H and O–H groups in total. The van der Waals surface area contributed by atoms with Crippen molar-refractivity contribution in [3.8, 4) is 0 Å². The molecular weight excluding hydrogens is 300 g/mol. The molecule has 1 aromatic carbocycles. The van der Waals surface area contributed by atoms with E-state index in [1.165, 1.54) is 4.31 Å². The number of carbonyl (C=O) groups is 1. The van der Waals surface area contributed by atoms with E-state index >= 15 is 0 Å². The molecule has 0 aromatic heterocycles. The summed E-state index contributed by atoms with van der Waals surface area (Å²) in [4.78, 5) is 13.7. The lowest BCUT2D eigenvalue weighted by atomic mass is 10.2. The lowest BCUT2D eigenvalue weighted by molar-refractivity contribution is -0.117. The van der Waals surface area contributed by atoms with Gasteiger partial charge in [-0.25, -0.2) is 8.42 Å². The van der Waals surface area contributed by atoms with Gasteiger partial charge in [0.2, 0.25) is 15.9 Å². The molecular formula is C16H22N2O3S. The van der Waals surface area contributed by atoms with Crippen molar-refractivity contribution in [1.82, 2.24) is 4.31 Å². The molecule has 6 heteroatoms. The van der Waals surface area contributed by atoms with Gasteiger partial charge in [-0.1, -0.05) is 0 Å². The Morgan fingerprint density at radius 1 is 1.23 bits per heavy atom. The number of amides is 1. The van der Waals surface area contributed by atoms with Crippen LogP contribution < -0.4 is 4.90 Å². The highest BCUT2D eigenvalue weighted by molar-refractivity contribution is 7.89. The number of rotatable bonds is 5. The largest absolute Gasteiger partial charge is 0.312 e. The zero-order chi connectivity index (χ0) is 15.9. The van der Waals surface area contributed by atoms with Crippen LogP contribution in [-0.4, -0.2) is 38.3 Å². The van der Waals surface area contributed by atoms with Gasteiger partial charge in [-0.15, -0.1) is 0 Å². The van der Waals surface area contributed by atoms with Crippen molar-refractivity contribution in [1.29, 1.82) is 0 Å². The molecule has 5 nitrogen and oxygen atoms in total. The predicted molar refractivity (Wildman–Crippen MR) is 85.2 cm³/mol. The average molecular weight is 322 g/mol. The van der Waals surface area contributed by atoms with Gasteiger partial charge in [0.15, 0.2) is 0 Å². The van der Waals surface area contributed by atoms with E-state index in [2.05, 4.69) is 0 Å². The Labute approximate surface area is 132 Å². The van der Waals surface area contributed by atoms with Gasteiger partial charge in [0.05, 0.1) is 4.90 Å². The number of hydrogen-bond acceptors (Lipinski definition) is 3. The van der Waals surface area contributed by atoms with Crippen molar-refractivity contribution >= 4 is 21.6 Å². The number of benzene rings is 1. The Hall–Kier alpha value is -1.40. The second kappa shape index (κ2) is 5.66. The smallest absolute Gasteiger partial charge is 0.243 e. The second-order valence-corrected chi connectivity index (χ2v) is 8.24. The number of anilines is 1. The van der Waals surface area contributed by atoms with Crippen LogP contribution in [0.1, 0.15) is 32.6 Å². The van der Waals surface area contributed by atoms with Crippen LogP contribution in [0.5, 0.6) is 0 Å². The summed E-state index contributed by atoms with van der Waals surface area (Å²) in [5.41, 5.74) is 0.777. The van der Waals surface area contributed by atoms with Crippen LogP contribution in [0, 0.1) is 5.92 Å². The number of nitrogens with zero attached hydrogens (tertiary/aromatic N) is 2. The van der Waals surface area contributed by atoms with E-state index in [0.29, 0.717) is 18.9 Å². The summed E-state index contributed by atoms with van der Waals surface area (Å²) in [5, 5.41) is 0. The van der Waals surface area contributed by atoms with Gasteiger partial charge in [0.25, 0.3) is 0 Å². The highest BCUT2D eigenvalue weighted by atomic mass is 32.2. The summed E-state index contributed by atoms with van der Waals surface area (Å²) in [6, 6.07) is 6.70. The van der Waals surface area contributed by atoms with Crippen LogP contribution in [0.3, 0.4) is 0 Å². The van der Waals surface area contributed by atoms with E-state index in [-0.39, 0.29) is 16.8 Å². The summed E-state index contributed by atoms with van der Waals surface area (Å²) in [6.45, 7) is 2.68. The van der Waals surface area contributed by atoms with Crippen LogP contribution in [0.2, 0.25) is 0 Å². The second-order valence-electron chi connectivity index (χ2n) is 6.24. The Kier molecular flexibility index (Phi) is 3.99. The zero-order valence-electron chi connectivity index (χ0n) is 13.0. The first-order chi connectivity index (χ1) is 10.4. The van der Waals surface area contributed by atoms with Crippen molar-refractivity contribution in [2.45, 2.75) is 43.5 Å². The molecule has 0 radical (unpaired) electrons. The van der Waals surface area contributed by atoms with Crippen LogP contribution in [0.15, 0.2) is 29.2 Å². The zero-order valence-corrected chi connectivity index (χ0v) is 13.8. The topological polar surface area (TPSA) is 57.7 Å². The molecule has 1 atom stereocenters. The molecule has 3 rings (SSSR count). The maximum atomic E-state index is 12.6. The van der Waals surface area contributed by atoms with Gasteiger partial charge in [-0.2, -0.15) is 4.31 Å². The summed E-state index contributed by atoms with van der Waals surface area (Å²) in [6.07, 6.45) is 3.65. The van der Waals surface area contributed by atoms with Gasteiger partial charge in [-0.05, 0) is 56.4 Å². The summed E-state index contributed by atoms with van der Waals surface area (Å²) < 4.78 is 26.8. The molecule has 1 aliphatic carbocycles. The first-order valence-corrected chi connectivity index (χ1v) is 9.24. The van der Waals surface area contributed by atoms with E-state index in [4.69, 9.17) is 0 Å². The highest BCUT2D eigenvalue weighted by Crippen LogP contribution is 2.36. The molecule has 120 valence electrons. The minimum atomic E-state index is -3.47. The minimum Gasteiger partial charge on any atom is -0.312 e. The molecule has 1 aliphatic heterocycles. The van der Waals surface area contributed by atoms with Gasteiger partial charge in [-0.3, -0.25) is 4.79 Å². The molecule has 1 aromatic rings. The maximum Gasteiger partial charge on any atom is 0.243 e. The Balaban J connectivity index is 1.80. The van der Waals surface area contributed by atoms with E-state index in [1.807, 2.05) is 6.92 Å². The summed E-state index contributed by atoms with van der Waals surface area (Å²) in [5.74, 6) is 0.594. The lowest BCUT2D eigenvalue weighted by Crippen LogP contribution is -2.36. The maximum absolute atomic E-state index is 12.6. The van der Waals surface area contributed by atoms with Crippen molar-refractivity contribution in [3.63, 3.8) is 0 Å². The monoisotopic (exact) mass is 322 g/mol. The minimum absolute atomic E-state index is 0.0323. The fourth-order valence-electron chi connectivity index (χ4n) is 2.98. The standard InChI is InChI=1S/C16H22N2O3S/c1-12(13-5-6-13)17(2)22(20,21)15-9-7-14(8-10-15)18-11-3-4-16(18)19/h7-10,12-13H,3-6,11H2,1-2H3. The van der Waals surface area contributed by atoms with Crippen LogP contribution in [0.4, 0.5) is 5.69 Å². The normalized spacial score (nSPS) is 20.7. The van der Waals surface area contributed by atoms with Crippen LogP contribution >= 0.6 is 0 Å². The highest BCUT2D eigenvalue weighted by Gasteiger charge is 2.36. The molecule has 0 bridgehead atoms. The number of carbonyl (C=O) groups excluding carboxylic acids is 1. The predicted octanol–water partition coefficient (Wildman–Crippen LogP) is 2.23. The third kappa shape index (κ3) is 2.77. The van der Waals surface area contributed by atoms with E-state index in [9.17, 15) is 13.2 Å². The molecule has 1 heterocycles. The van der Waals surface area contributed by atoms with Crippen molar-refractivity contribution in [3.05, 3.63) is 24.3 Å². The van der Waals surface area contributed by atoms with E-state index in [1.54, 1.807) is 36.2 Å². The lowest BCUT2D eigenvalue weighted by Gasteiger charge is -2.24. The third-order valence-corrected chi connectivity index (χ3v) is 6.74. The van der Waals surface area contributed by atoms with Gasteiger partial charge < -0.3 is 4.90 Å². The molecule has 1 saturated carbocycles. The third-order valence-electron chi connectivity index (χ3n) is 4.78. The summed E-state index contributed by atoms with van der Waals surface area (Å²) in [7, 11) is -1.82. The fraction of sp³-hybridized carbons (Fsp3) is 0.562. The molecule has 22 heavy (non-hydrogen) atoms. The molecule has 2 fully saturated rings. The number of hydrogen-bond donors (Lipinski definition) is 0. The van der Waals surface area contributed by atoms with Crippen molar-refractivity contribution in [2.24, 2.45) is 5.92 Å².